The molecule has 0 saturated heterocycles. The second kappa shape index (κ2) is 9.82. The van der Waals surface area contributed by atoms with Crippen LogP contribution < -0.4 is 15.1 Å². The van der Waals surface area contributed by atoms with E-state index in [1.165, 1.54) is 11.8 Å². The van der Waals surface area contributed by atoms with Gasteiger partial charge in [-0.05, 0) is 50.2 Å². The Hall–Kier alpha value is -2.96. The van der Waals surface area contributed by atoms with Gasteiger partial charge in [0.25, 0.3) is 0 Å². The van der Waals surface area contributed by atoms with Gasteiger partial charge in [-0.1, -0.05) is 0 Å². The lowest BCUT2D eigenvalue weighted by Crippen LogP contribution is -2.32. The maximum Gasteiger partial charge on any atom is 0.226 e. The molecule has 0 fully saturated rings. The Labute approximate surface area is 163 Å². The Bertz CT molecular complexity index is 821. The molecule has 0 spiro atoms. The predicted molar refractivity (Wildman–Crippen MR) is 108 cm³/mol. The molecule has 0 aliphatic heterocycles. The van der Waals surface area contributed by atoms with Gasteiger partial charge >= 0.3 is 0 Å². The highest BCUT2D eigenvalue weighted by atomic mass is 19.1. The van der Waals surface area contributed by atoms with Crippen LogP contribution in [0.4, 0.5) is 25.8 Å². The minimum absolute atomic E-state index is 0.0196. The predicted octanol–water partition coefficient (Wildman–Crippen LogP) is 4.19. The van der Waals surface area contributed by atoms with E-state index in [2.05, 4.69) is 24.1 Å². The van der Waals surface area contributed by atoms with Crippen molar-refractivity contribution in [3.63, 3.8) is 0 Å². The van der Waals surface area contributed by atoms with E-state index in [0.717, 1.165) is 30.9 Å². The molecule has 7 heteroatoms. The second-order valence-electron chi connectivity index (χ2n) is 6.28. The van der Waals surface area contributed by atoms with Gasteiger partial charge in [-0.25, -0.2) is 8.78 Å². The number of nitrogens with zero attached hydrogens (tertiary/aromatic N) is 2. The van der Waals surface area contributed by atoms with Crippen molar-refractivity contribution in [2.75, 3.05) is 34.8 Å². The van der Waals surface area contributed by atoms with Crippen molar-refractivity contribution in [1.29, 1.82) is 0 Å². The molecule has 0 aliphatic carbocycles. The molecule has 0 atom stereocenters. The third-order valence-corrected chi connectivity index (χ3v) is 4.44. The van der Waals surface area contributed by atoms with Crippen molar-refractivity contribution in [3.05, 3.63) is 54.1 Å². The number of rotatable bonds is 8. The summed E-state index contributed by atoms with van der Waals surface area (Å²) < 4.78 is 26.6. The number of carbonyl (C=O) groups is 2. The van der Waals surface area contributed by atoms with Crippen LogP contribution in [-0.2, 0) is 9.59 Å². The van der Waals surface area contributed by atoms with Crippen molar-refractivity contribution in [3.8, 4) is 0 Å². The van der Waals surface area contributed by atoms with E-state index >= 15 is 0 Å². The summed E-state index contributed by atoms with van der Waals surface area (Å²) in [7, 11) is 0. The number of anilines is 3. The van der Waals surface area contributed by atoms with Gasteiger partial charge in [0.15, 0.2) is 0 Å². The Morgan fingerprint density at radius 2 is 1.57 bits per heavy atom. The van der Waals surface area contributed by atoms with E-state index in [1.54, 1.807) is 0 Å². The zero-order valence-corrected chi connectivity index (χ0v) is 16.3. The lowest BCUT2D eigenvalue weighted by Gasteiger charge is -2.24. The van der Waals surface area contributed by atoms with E-state index in [4.69, 9.17) is 0 Å². The summed E-state index contributed by atoms with van der Waals surface area (Å²) in [6.07, 6.45) is -0.0196. The normalized spacial score (nSPS) is 10.5. The summed E-state index contributed by atoms with van der Waals surface area (Å²) in [5.41, 5.74) is 1.65. The topological polar surface area (TPSA) is 52.6 Å². The number of nitrogens with one attached hydrogen (secondary N) is 1. The number of hydrogen-bond acceptors (Lipinski definition) is 3. The molecule has 2 amide bonds. The van der Waals surface area contributed by atoms with Crippen LogP contribution in [0.1, 0.15) is 27.2 Å². The Morgan fingerprint density at radius 1 is 0.964 bits per heavy atom. The van der Waals surface area contributed by atoms with Gasteiger partial charge in [-0.3, -0.25) is 9.59 Å². The zero-order valence-electron chi connectivity index (χ0n) is 16.3. The number of amides is 2. The molecule has 28 heavy (non-hydrogen) atoms. The summed E-state index contributed by atoms with van der Waals surface area (Å²) in [6.45, 7) is 7.48. The minimum atomic E-state index is -0.844. The van der Waals surface area contributed by atoms with Crippen molar-refractivity contribution in [2.24, 2.45) is 0 Å². The summed E-state index contributed by atoms with van der Waals surface area (Å²) >= 11 is 0. The van der Waals surface area contributed by atoms with Crippen LogP contribution in [0, 0.1) is 11.6 Å². The minimum Gasteiger partial charge on any atom is -0.372 e. The summed E-state index contributed by atoms with van der Waals surface area (Å²) in [6, 6.07) is 10.5. The Balaban J connectivity index is 2.02. The summed E-state index contributed by atoms with van der Waals surface area (Å²) in [4.78, 5) is 27.8. The van der Waals surface area contributed by atoms with Gasteiger partial charge in [-0.2, -0.15) is 0 Å². The molecular formula is C21H25F2N3O2. The van der Waals surface area contributed by atoms with Crippen molar-refractivity contribution < 1.29 is 18.4 Å². The second-order valence-corrected chi connectivity index (χ2v) is 6.28. The monoisotopic (exact) mass is 389 g/mol. The fourth-order valence-electron chi connectivity index (χ4n) is 2.92. The fourth-order valence-corrected chi connectivity index (χ4v) is 2.92. The molecule has 2 rings (SSSR count). The fraction of sp³-hybridized carbons (Fsp3) is 0.333. The van der Waals surface area contributed by atoms with Gasteiger partial charge in [0.1, 0.15) is 11.6 Å². The summed E-state index contributed by atoms with van der Waals surface area (Å²) in [5, 5.41) is 2.40. The first kappa shape index (κ1) is 21.3. The zero-order chi connectivity index (χ0) is 20.7. The molecule has 0 unspecified atom stereocenters. The van der Waals surface area contributed by atoms with Crippen LogP contribution in [0.15, 0.2) is 42.5 Å². The molecule has 2 aromatic carbocycles. The van der Waals surface area contributed by atoms with Gasteiger partial charge in [-0.15, -0.1) is 0 Å². The third kappa shape index (κ3) is 5.52. The molecule has 0 radical (unpaired) electrons. The van der Waals surface area contributed by atoms with E-state index in [-0.39, 0.29) is 24.6 Å². The van der Waals surface area contributed by atoms with Crippen LogP contribution in [0.2, 0.25) is 0 Å². The highest BCUT2D eigenvalue weighted by Gasteiger charge is 2.15. The molecule has 0 aliphatic rings. The molecule has 0 heterocycles. The molecule has 5 nitrogen and oxygen atoms in total. The van der Waals surface area contributed by atoms with Gasteiger partial charge in [0, 0.05) is 50.4 Å². The largest absolute Gasteiger partial charge is 0.372 e. The molecular weight excluding hydrogens is 364 g/mol. The van der Waals surface area contributed by atoms with Crippen LogP contribution in [0.25, 0.3) is 0 Å². The smallest absolute Gasteiger partial charge is 0.226 e. The number of halogens is 2. The maximum atomic E-state index is 13.6. The first-order valence-corrected chi connectivity index (χ1v) is 9.23. The molecule has 2 aromatic rings. The maximum absolute atomic E-state index is 13.6. The first-order valence-electron chi connectivity index (χ1n) is 9.23. The lowest BCUT2D eigenvalue weighted by molar-refractivity contribution is -0.117. The first-order chi connectivity index (χ1) is 13.3. The van der Waals surface area contributed by atoms with Crippen LogP contribution in [0.5, 0.6) is 0 Å². The van der Waals surface area contributed by atoms with E-state index < -0.39 is 17.5 Å². The third-order valence-electron chi connectivity index (χ3n) is 4.44. The number of carbonyl (C=O) groups excluding carboxylic acids is 2. The van der Waals surface area contributed by atoms with Gasteiger partial charge in [0.05, 0.1) is 5.69 Å². The average Bonchev–Trinajstić information content (AvgIpc) is 2.66. The molecule has 0 bridgehead atoms. The molecule has 0 saturated carbocycles. The molecule has 1 N–H and O–H groups in total. The summed E-state index contributed by atoms with van der Waals surface area (Å²) in [5.74, 6) is -2.22. The quantitative estimate of drug-likeness (QED) is 0.736. The van der Waals surface area contributed by atoms with E-state index in [1.807, 2.05) is 24.3 Å². The molecule has 150 valence electrons. The van der Waals surface area contributed by atoms with E-state index in [0.29, 0.717) is 11.8 Å². The van der Waals surface area contributed by atoms with Gasteiger partial charge in [0.2, 0.25) is 11.8 Å². The average molecular weight is 389 g/mol. The highest BCUT2D eigenvalue weighted by Crippen LogP contribution is 2.21. The standard InChI is InChI=1S/C21H25F2N3O2/c1-4-25(5-2)17-7-9-18(10-8-17)26(15(3)27)13-12-21(28)24-20-11-6-16(22)14-19(20)23/h6-11,14H,4-5,12-13H2,1-3H3,(H,24,28). The van der Waals surface area contributed by atoms with Gasteiger partial charge < -0.3 is 15.1 Å². The number of hydrogen-bond donors (Lipinski definition) is 1. The Kier molecular flexibility index (Phi) is 7.49. The van der Waals surface area contributed by atoms with Crippen LogP contribution in [-0.4, -0.2) is 31.4 Å². The van der Waals surface area contributed by atoms with E-state index in [9.17, 15) is 18.4 Å². The number of benzene rings is 2. The van der Waals surface area contributed by atoms with Crippen LogP contribution >= 0.6 is 0 Å². The van der Waals surface area contributed by atoms with Crippen molar-refractivity contribution >= 4 is 28.9 Å². The lowest BCUT2D eigenvalue weighted by atomic mass is 10.2. The van der Waals surface area contributed by atoms with Crippen molar-refractivity contribution in [1.82, 2.24) is 0 Å². The Morgan fingerprint density at radius 3 is 2.11 bits per heavy atom. The highest BCUT2D eigenvalue weighted by molar-refractivity contribution is 5.95. The SMILES string of the molecule is CCN(CC)c1ccc(N(CCC(=O)Nc2ccc(F)cc2F)C(C)=O)cc1. The molecule has 0 aromatic heterocycles. The van der Waals surface area contributed by atoms with Crippen LogP contribution in [0.3, 0.4) is 0 Å². The van der Waals surface area contributed by atoms with Crippen molar-refractivity contribution in [2.45, 2.75) is 27.2 Å².